The summed E-state index contributed by atoms with van der Waals surface area (Å²) in [4.78, 5) is 0. The minimum Gasteiger partial charge on any atom is -0.352 e. The van der Waals surface area contributed by atoms with Gasteiger partial charge in [0.1, 0.15) is 0 Å². The second-order valence-electron chi connectivity index (χ2n) is 6.50. The van der Waals surface area contributed by atoms with E-state index in [2.05, 4.69) is 40.7 Å². The Bertz CT molecular complexity index is 306. The van der Waals surface area contributed by atoms with E-state index >= 15 is 0 Å². The summed E-state index contributed by atoms with van der Waals surface area (Å²) in [6, 6.07) is 0. The highest BCUT2D eigenvalue weighted by Gasteiger charge is 2.40. The predicted molar refractivity (Wildman–Crippen MR) is 69.7 cm³/mol. The largest absolute Gasteiger partial charge is 0.352 e. The Morgan fingerprint density at radius 2 is 2.00 bits per heavy atom. The van der Waals surface area contributed by atoms with Gasteiger partial charge in [-0.3, -0.25) is 0 Å². The molecule has 2 heteroatoms. The molecule has 98 valence electrons. The summed E-state index contributed by atoms with van der Waals surface area (Å²) in [7, 11) is 0. The molecule has 0 saturated carbocycles. The summed E-state index contributed by atoms with van der Waals surface area (Å²) in [6.45, 7) is 12.0. The molecule has 0 aromatic carbocycles. The lowest BCUT2D eigenvalue weighted by atomic mass is 9.74. The van der Waals surface area contributed by atoms with Crippen molar-refractivity contribution >= 4 is 0 Å². The van der Waals surface area contributed by atoms with Gasteiger partial charge in [-0.1, -0.05) is 25.5 Å². The van der Waals surface area contributed by atoms with Gasteiger partial charge in [-0.05, 0) is 45.4 Å². The molecule has 0 spiro atoms. The van der Waals surface area contributed by atoms with Crippen molar-refractivity contribution < 1.29 is 9.47 Å². The van der Waals surface area contributed by atoms with Crippen LogP contribution in [0.25, 0.3) is 0 Å². The normalized spacial score (nSPS) is 42.1. The van der Waals surface area contributed by atoms with Crippen molar-refractivity contribution in [2.75, 3.05) is 6.61 Å². The van der Waals surface area contributed by atoms with Crippen LogP contribution in [0.5, 0.6) is 0 Å². The lowest BCUT2D eigenvalue weighted by Gasteiger charge is -2.44. The average molecular weight is 238 g/mol. The zero-order valence-corrected chi connectivity index (χ0v) is 11.8. The highest BCUT2D eigenvalue weighted by atomic mass is 16.7. The lowest BCUT2D eigenvalue weighted by molar-refractivity contribution is -0.275. The van der Waals surface area contributed by atoms with Crippen LogP contribution in [0.4, 0.5) is 0 Å². The molecule has 1 heterocycles. The maximum absolute atomic E-state index is 6.14. The van der Waals surface area contributed by atoms with Crippen molar-refractivity contribution in [3.8, 4) is 0 Å². The van der Waals surface area contributed by atoms with E-state index in [-0.39, 0.29) is 11.9 Å². The van der Waals surface area contributed by atoms with Gasteiger partial charge >= 0.3 is 0 Å². The van der Waals surface area contributed by atoms with E-state index in [1.54, 1.807) is 0 Å². The molecule has 1 aliphatic heterocycles. The van der Waals surface area contributed by atoms with Crippen LogP contribution in [0.3, 0.4) is 0 Å². The van der Waals surface area contributed by atoms with Crippen LogP contribution in [0, 0.1) is 17.8 Å². The molecule has 4 atom stereocenters. The third kappa shape index (κ3) is 2.92. The van der Waals surface area contributed by atoms with E-state index in [9.17, 15) is 0 Å². The van der Waals surface area contributed by atoms with Gasteiger partial charge in [-0.15, -0.1) is 0 Å². The minimum atomic E-state index is -0.0292. The molecule has 17 heavy (non-hydrogen) atoms. The Balaban J connectivity index is 2.11. The predicted octanol–water partition coefficient (Wildman–Crippen LogP) is 3.77. The highest BCUT2D eigenvalue weighted by molar-refractivity contribution is 5.09. The first kappa shape index (κ1) is 13.1. The number of ether oxygens (including phenoxy) is 2. The Hall–Kier alpha value is -0.340. The quantitative estimate of drug-likeness (QED) is 0.647. The third-order valence-corrected chi connectivity index (χ3v) is 4.19. The molecule has 1 saturated heterocycles. The summed E-state index contributed by atoms with van der Waals surface area (Å²) in [6.07, 6.45) is 4.54. The average Bonchev–Trinajstić information content (AvgIpc) is 2.13. The first-order valence-electron chi connectivity index (χ1n) is 6.86. The van der Waals surface area contributed by atoms with Crippen molar-refractivity contribution in [2.45, 2.75) is 59.4 Å². The highest BCUT2D eigenvalue weighted by Crippen LogP contribution is 2.40. The molecule has 0 aromatic rings. The zero-order valence-electron chi connectivity index (χ0n) is 11.8. The Labute approximate surface area is 105 Å². The summed E-state index contributed by atoms with van der Waals surface area (Å²) in [5.41, 5.74) is 1.48. The zero-order chi connectivity index (χ0) is 12.6. The molecule has 0 N–H and O–H groups in total. The Morgan fingerprint density at radius 1 is 1.29 bits per heavy atom. The van der Waals surface area contributed by atoms with Gasteiger partial charge < -0.3 is 9.47 Å². The van der Waals surface area contributed by atoms with Gasteiger partial charge in [0.25, 0.3) is 0 Å². The molecule has 2 rings (SSSR count). The summed E-state index contributed by atoms with van der Waals surface area (Å²) in [5.74, 6) is 1.70. The van der Waals surface area contributed by atoms with Crippen molar-refractivity contribution in [1.29, 1.82) is 0 Å². The number of hydrogen-bond donors (Lipinski definition) is 0. The maximum atomic E-state index is 6.14. The molecule has 1 aliphatic carbocycles. The molecule has 2 aliphatic rings. The molecular formula is C15H26O2. The Morgan fingerprint density at radius 3 is 2.59 bits per heavy atom. The van der Waals surface area contributed by atoms with E-state index in [1.165, 1.54) is 12.0 Å². The third-order valence-electron chi connectivity index (χ3n) is 4.19. The Kier molecular flexibility index (Phi) is 3.65. The van der Waals surface area contributed by atoms with E-state index in [4.69, 9.17) is 9.47 Å². The topological polar surface area (TPSA) is 18.5 Å². The van der Waals surface area contributed by atoms with Crippen LogP contribution in [-0.4, -0.2) is 18.5 Å². The van der Waals surface area contributed by atoms with E-state index in [1.807, 2.05) is 0 Å². The molecule has 1 fully saturated rings. The van der Waals surface area contributed by atoms with Crippen molar-refractivity contribution in [3.63, 3.8) is 0 Å². The monoisotopic (exact) mass is 238 g/mol. The van der Waals surface area contributed by atoms with E-state index in [0.29, 0.717) is 17.8 Å². The summed E-state index contributed by atoms with van der Waals surface area (Å²) >= 11 is 0. The van der Waals surface area contributed by atoms with Gasteiger partial charge in [0.15, 0.2) is 6.29 Å². The standard InChI is InChI=1S/C15H26O2/c1-10-8-11(2)13(12(3)9-10)14-16-7-6-15(4,5)17-14/h8,11-14H,6-7,9H2,1-5H3/t11-,12-,13-,14-/m0/s1. The van der Waals surface area contributed by atoms with Crippen molar-refractivity contribution in [1.82, 2.24) is 0 Å². The smallest absolute Gasteiger partial charge is 0.161 e. The SMILES string of the molecule is CC1=C[C@H](C)[C@H]([C@H]2OCCC(C)(C)O2)[C@@H](C)C1. The first-order valence-corrected chi connectivity index (χ1v) is 6.86. The molecule has 0 unspecified atom stereocenters. The van der Waals surface area contributed by atoms with Crippen LogP contribution < -0.4 is 0 Å². The van der Waals surface area contributed by atoms with Crippen molar-refractivity contribution in [2.24, 2.45) is 17.8 Å². The van der Waals surface area contributed by atoms with Crippen LogP contribution >= 0.6 is 0 Å². The molecule has 0 bridgehead atoms. The van der Waals surface area contributed by atoms with Gasteiger partial charge in [0, 0.05) is 5.92 Å². The van der Waals surface area contributed by atoms with Crippen LogP contribution in [0.2, 0.25) is 0 Å². The van der Waals surface area contributed by atoms with Crippen molar-refractivity contribution in [3.05, 3.63) is 11.6 Å². The lowest BCUT2D eigenvalue weighted by Crippen LogP contribution is -2.46. The number of hydrogen-bond acceptors (Lipinski definition) is 2. The summed E-state index contributed by atoms with van der Waals surface area (Å²) < 4.78 is 12.0. The van der Waals surface area contributed by atoms with Crippen LogP contribution in [0.1, 0.15) is 47.5 Å². The molecule has 2 nitrogen and oxygen atoms in total. The number of allylic oxidation sites excluding steroid dienone is 2. The summed E-state index contributed by atoms with van der Waals surface area (Å²) in [5, 5.41) is 0. The molecule has 0 aromatic heterocycles. The molecular weight excluding hydrogens is 212 g/mol. The molecule has 0 amide bonds. The van der Waals surface area contributed by atoms with Crippen LogP contribution in [-0.2, 0) is 9.47 Å². The first-order chi connectivity index (χ1) is 7.89. The van der Waals surface area contributed by atoms with E-state index in [0.717, 1.165) is 13.0 Å². The van der Waals surface area contributed by atoms with Gasteiger partial charge in [-0.2, -0.15) is 0 Å². The minimum absolute atomic E-state index is 0.0203. The molecule has 0 radical (unpaired) electrons. The number of rotatable bonds is 1. The maximum Gasteiger partial charge on any atom is 0.161 e. The van der Waals surface area contributed by atoms with Crippen LogP contribution in [0.15, 0.2) is 11.6 Å². The van der Waals surface area contributed by atoms with Gasteiger partial charge in [0.2, 0.25) is 0 Å². The second-order valence-corrected chi connectivity index (χ2v) is 6.50. The van der Waals surface area contributed by atoms with Gasteiger partial charge in [0.05, 0.1) is 12.2 Å². The fourth-order valence-corrected chi connectivity index (χ4v) is 3.32. The van der Waals surface area contributed by atoms with E-state index < -0.39 is 0 Å². The second kappa shape index (κ2) is 4.74. The fraction of sp³-hybridized carbons (Fsp3) is 0.867. The van der Waals surface area contributed by atoms with Gasteiger partial charge in [-0.25, -0.2) is 0 Å². The fourth-order valence-electron chi connectivity index (χ4n) is 3.32.